The molecule has 1 heterocycles. The molecule has 0 spiro atoms. The third kappa shape index (κ3) is 4.55. The SMILES string of the molecule is N[C@@H]1CNC(CCCCC(=O)O)CO1. The molecule has 0 aromatic carbocycles. The molecule has 0 aromatic heterocycles. The van der Waals surface area contributed by atoms with E-state index in [1.807, 2.05) is 0 Å². The van der Waals surface area contributed by atoms with Crippen LogP contribution in [0.4, 0.5) is 0 Å². The van der Waals surface area contributed by atoms with E-state index < -0.39 is 5.97 Å². The summed E-state index contributed by atoms with van der Waals surface area (Å²) in [7, 11) is 0. The van der Waals surface area contributed by atoms with Crippen molar-refractivity contribution in [3.8, 4) is 0 Å². The van der Waals surface area contributed by atoms with Gasteiger partial charge in [0.15, 0.2) is 0 Å². The van der Waals surface area contributed by atoms with Crippen LogP contribution in [0.25, 0.3) is 0 Å². The van der Waals surface area contributed by atoms with Gasteiger partial charge < -0.3 is 20.9 Å². The van der Waals surface area contributed by atoms with Crippen LogP contribution in [-0.4, -0.2) is 36.5 Å². The van der Waals surface area contributed by atoms with Crippen LogP contribution in [-0.2, 0) is 9.53 Å². The molecule has 1 unspecified atom stereocenters. The molecule has 5 nitrogen and oxygen atoms in total. The fraction of sp³-hybridized carbons (Fsp3) is 0.889. The fourth-order valence-electron chi connectivity index (χ4n) is 1.49. The number of rotatable bonds is 5. The van der Waals surface area contributed by atoms with Gasteiger partial charge in [0.25, 0.3) is 0 Å². The summed E-state index contributed by atoms with van der Waals surface area (Å²) in [6.07, 6.45) is 2.68. The van der Waals surface area contributed by atoms with Gasteiger partial charge in [-0.25, -0.2) is 0 Å². The van der Waals surface area contributed by atoms with Gasteiger partial charge in [0, 0.05) is 19.0 Å². The zero-order valence-corrected chi connectivity index (χ0v) is 8.24. The standard InChI is InChI=1S/C9H18N2O3/c10-8-5-11-7(6-14-8)3-1-2-4-9(12)13/h7-8,11H,1-6,10H2,(H,12,13)/t7?,8-/m0/s1. The molecule has 14 heavy (non-hydrogen) atoms. The summed E-state index contributed by atoms with van der Waals surface area (Å²) in [5, 5.41) is 11.7. The molecular weight excluding hydrogens is 184 g/mol. The van der Waals surface area contributed by atoms with Gasteiger partial charge in [-0.15, -0.1) is 0 Å². The lowest BCUT2D eigenvalue weighted by atomic mass is 10.1. The van der Waals surface area contributed by atoms with Crippen LogP contribution >= 0.6 is 0 Å². The van der Waals surface area contributed by atoms with E-state index in [2.05, 4.69) is 5.32 Å². The predicted molar refractivity (Wildman–Crippen MR) is 51.8 cm³/mol. The van der Waals surface area contributed by atoms with E-state index in [4.69, 9.17) is 15.6 Å². The van der Waals surface area contributed by atoms with Crippen molar-refractivity contribution >= 4 is 5.97 Å². The quantitative estimate of drug-likeness (QED) is 0.542. The maximum atomic E-state index is 10.2. The molecule has 0 saturated carbocycles. The summed E-state index contributed by atoms with van der Waals surface area (Å²) < 4.78 is 5.27. The highest BCUT2D eigenvalue weighted by Gasteiger charge is 2.17. The summed E-state index contributed by atoms with van der Waals surface area (Å²) in [5.41, 5.74) is 5.53. The number of carboxylic acids is 1. The summed E-state index contributed by atoms with van der Waals surface area (Å²) in [6, 6.07) is 0.337. The third-order valence-electron chi connectivity index (χ3n) is 2.31. The number of hydrogen-bond donors (Lipinski definition) is 3. The number of ether oxygens (including phenoxy) is 1. The van der Waals surface area contributed by atoms with Crippen LogP contribution in [0, 0.1) is 0 Å². The van der Waals surface area contributed by atoms with Crippen molar-refractivity contribution in [1.29, 1.82) is 0 Å². The molecule has 5 heteroatoms. The number of morpholine rings is 1. The Bertz CT molecular complexity index is 179. The maximum Gasteiger partial charge on any atom is 0.303 e. The molecule has 1 saturated heterocycles. The molecule has 1 rings (SSSR count). The number of nitrogens with two attached hydrogens (primary N) is 1. The van der Waals surface area contributed by atoms with Crippen LogP contribution < -0.4 is 11.1 Å². The average molecular weight is 202 g/mol. The Morgan fingerprint density at radius 1 is 1.57 bits per heavy atom. The molecule has 4 N–H and O–H groups in total. The van der Waals surface area contributed by atoms with Crippen molar-refractivity contribution in [2.45, 2.75) is 38.0 Å². The highest BCUT2D eigenvalue weighted by molar-refractivity contribution is 5.66. The van der Waals surface area contributed by atoms with Crippen molar-refractivity contribution in [1.82, 2.24) is 5.32 Å². The number of nitrogens with one attached hydrogen (secondary N) is 1. The van der Waals surface area contributed by atoms with Gasteiger partial charge >= 0.3 is 5.97 Å². The molecule has 1 aliphatic heterocycles. The molecule has 1 aliphatic rings. The highest BCUT2D eigenvalue weighted by atomic mass is 16.5. The molecule has 2 atom stereocenters. The number of aliphatic carboxylic acids is 1. The van der Waals surface area contributed by atoms with E-state index in [1.54, 1.807) is 0 Å². The van der Waals surface area contributed by atoms with Gasteiger partial charge in [-0.05, 0) is 12.8 Å². The van der Waals surface area contributed by atoms with Crippen molar-refractivity contribution in [3.05, 3.63) is 0 Å². The van der Waals surface area contributed by atoms with Crippen LogP contribution in [0.3, 0.4) is 0 Å². The summed E-state index contributed by atoms with van der Waals surface area (Å²) in [5.74, 6) is -0.722. The lowest BCUT2D eigenvalue weighted by molar-refractivity contribution is -0.137. The van der Waals surface area contributed by atoms with Gasteiger partial charge in [-0.1, -0.05) is 6.42 Å². The number of carbonyl (C=O) groups is 1. The Hall–Kier alpha value is -0.650. The Labute approximate surface area is 83.6 Å². The Kier molecular flexibility index (Phi) is 4.86. The molecule has 0 aromatic rings. The van der Waals surface area contributed by atoms with Gasteiger partial charge in [0.1, 0.15) is 6.23 Å². The Morgan fingerprint density at radius 3 is 2.93 bits per heavy atom. The second-order valence-corrected chi connectivity index (χ2v) is 3.62. The number of unbranched alkanes of at least 4 members (excludes halogenated alkanes) is 1. The largest absolute Gasteiger partial charge is 0.481 e. The predicted octanol–water partition coefficient (Wildman–Crippen LogP) is -0.0954. The second-order valence-electron chi connectivity index (χ2n) is 3.62. The summed E-state index contributed by atoms with van der Waals surface area (Å²) in [6.45, 7) is 1.32. The third-order valence-corrected chi connectivity index (χ3v) is 2.31. The van der Waals surface area contributed by atoms with Gasteiger partial charge in [-0.2, -0.15) is 0 Å². The fourth-order valence-corrected chi connectivity index (χ4v) is 1.49. The zero-order chi connectivity index (χ0) is 10.4. The molecule has 82 valence electrons. The number of carboxylic acid groups (broad SMARTS) is 1. The van der Waals surface area contributed by atoms with Crippen molar-refractivity contribution in [3.63, 3.8) is 0 Å². The van der Waals surface area contributed by atoms with E-state index in [1.165, 1.54) is 0 Å². The van der Waals surface area contributed by atoms with Crippen LogP contribution in [0.2, 0.25) is 0 Å². The van der Waals surface area contributed by atoms with Crippen LogP contribution in [0.5, 0.6) is 0 Å². The van der Waals surface area contributed by atoms with E-state index in [0.29, 0.717) is 19.2 Å². The molecule has 0 radical (unpaired) electrons. The lowest BCUT2D eigenvalue weighted by Gasteiger charge is -2.27. The van der Waals surface area contributed by atoms with Gasteiger partial charge in [0.05, 0.1) is 6.61 Å². The Balaban J connectivity index is 1.99. The second kappa shape index (κ2) is 5.95. The first kappa shape index (κ1) is 11.4. The molecule has 1 fully saturated rings. The number of hydrogen-bond acceptors (Lipinski definition) is 4. The van der Waals surface area contributed by atoms with E-state index >= 15 is 0 Å². The molecule has 0 aliphatic carbocycles. The first-order chi connectivity index (χ1) is 6.68. The Morgan fingerprint density at radius 2 is 2.36 bits per heavy atom. The monoisotopic (exact) mass is 202 g/mol. The average Bonchev–Trinajstić information content (AvgIpc) is 2.15. The highest BCUT2D eigenvalue weighted by Crippen LogP contribution is 2.07. The normalized spacial score (nSPS) is 27.5. The first-order valence-corrected chi connectivity index (χ1v) is 5.01. The van der Waals surface area contributed by atoms with Crippen LogP contribution in [0.15, 0.2) is 0 Å². The van der Waals surface area contributed by atoms with E-state index in [-0.39, 0.29) is 12.6 Å². The summed E-state index contributed by atoms with van der Waals surface area (Å²) in [4.78, 5) is 10.2. The molecule has 0 amide bonds. The first-order valence-electron chi connectivity index (χ1n) is 5.01. The van der Waals surface area contributed by atoms with Crippen molar-refractivity contribution < 1.29 is 14.6 Å². The summed E-state index contributed by atoms with van der Waals surface area (Å²) >= 11 is 0. The van der Waals surface area contributed by atoms with E-state index in [0.717, 1.165) is 19.3 Å². The minimum Gasteiger partial charge on any atom is -0.481 e. The van der Waals surface area contributed by atoms with Crippen molar-refractivity contribution in [2.75, 3.05) is 13.2 Å². The maximum absolute atomic E-state index is 10.2. The van der Waals surface area contributed by atoms with Gasteiger partial charge in [-0.3, -0.25) is 4.79 Å². The minimum absolute atomic E-state index is 0.190. The molecular formula is C9H18N2O3. The lowest BCUT2D eigenvalue weighted by Crippen LogP contribution is -2.49. The smallest absolute Gasteiger partial charge is 0.303 e. The minimum atomic E-state index is -0.722. The molecule has 0 bridgehead atoms. The van der Waals surface area contributed by atoms with E-state index in [9.17, 15) is 4.79 Å². The topological polar surface area (TPSA) is 84.6 Å². The van der Waals surface area contributed by atoms with Crippen LogP contribution in [0.1, 0.15) is 25.7 Å². The zero-order valence-electron chi connectivity index (χ0n) is 8.24. The van der Waals surface area contributed by atoms with Crippen molar-refractivity contribution in [2.24, 2.45) is 5.73 Å². The van der Waals surface area contributed by atoms with Gasteiger partial charge in [0.2, 0.25) is 0 Å².